The van der Waals surface area contributed by atoms with Gasteiger partial charge in [0.1, 0.15) is 0 Å². The Morgan fingerprint density at radius 3 is 1.33 bits per heavy atom. The normalized spacial score (nSPS) is 12.6. The van der Waals surface area contributed by atoms with Crippen LogP contribution in [0.3, 0.4) is 0 Å². The van der Waals surface area contributed by atoms with E-state index < -0.39 is 5.41 Å². The van der Waals surface area contributed by atoms with E-state index in [9.17, 15) is 0 Å². The third-order valence-electron chi connectivity index (χ3n) is 10.7. The molecule has 8 aromatic carbocycles. The van der Waals surface area contributed by atoms with Gasteiger partial charge >= 0.3 is 0 Å². The first-order valence-corrected chi connectivity index (χ1v) is 18.4. The summed E-state index contributed by atoms with van der Waals surface area (Å²) < 4.78 is 0. The number of anilines is 3. The van der Waals surface area contributed by atoms with Gasteiger partial charge in [0.05, 0.1) is 27.8 Å². The van der Waals surface area contributed by atoms with E-state index in [-0.39, 0.29) is 0 Å². The molecule has 54 heavy (non-hydrogen) atoms. The van der Waals surface area contributed by atoms with Gasteiger partial charge in [-0.25, -0.2) is 9.97 Å². The van der Waals surface area contributed by atoms with Crippen molar-refractivity contribution in [3.05, 3.63) is 235 Å². The Labute approximate surface area is 315 Å². The quantitative estimate of drug-likeness (QED) is 0.167. The maximum Gasteiger partial charge on any atom is 0.0973 e. The number of hydrogen-bond acceptors (Lipinski definition) is 3. The lowest BCUT2D eigenvalue weighted by Crippen LogP contribution is -2.28. The van der Waals surface area contributed by atoms with Crippen molar-refractivity contribution in [2.75, 3.05) is 4.90 Å². The van der Waals surface area contributed by atoms with Crippen LogP contribution in [-0.4, -0.2) is 9.97 Å². The number of benzene rings is 8. The molecule has 0 radical (unpaired) electrons. The van der Waals surface area contributed by atoms with E-state index in [1.165, 1.54) is 33.4 Å². The molecule has 0 saturated heterocycles. The summed E-state index contributed by atoms with van der Waals surface area (Å²) in [5.41, 5.74) is 15.8. The van der Waals surface area contributed by atoms with Crippen LogP contribution in [0.5, 0.6) is 0 Å². The molecule has 0 atom stereocenters. The number of rotatable bonds is 7. The molecule has 3 nitrogen and oxygen atoms in total. The van der Waals surface area contributed by atoms with E-state index in [0.717, 1.165) is 50.6 Å². The van der Waals surface area contributed by atoms with E-state index in [0.29, 0.717) is 0 Å². The maximum absolute atomic E-state index is 5.37. The average Bonchev–Trinajstić information content (AvgIpc) is 3.55. The Kier molecular flexibility index (Phi) is 7.70. The predicted molar refractivity (Wildman–Crippen MR) is 222 cm³/mol. The van der Waals surface area contributed by atoms with Crippen molar-refractivity contribution in [3.63, 3.8) is 0 Å². The summed E-state index contributed by atoms with van der Waals surface area (Å²) in [6.07, 6.45) is 0. The number of hydrogen-bond donors (Lipinski definition) is 0. The molecule has 0 bridgehead atoms. The highest BCUT2D eigenvalue weighted by Crippen LogP contribution is 2.56. The Morgan fingerprint density at radius 2 is 0.759 bits per heavy atom. The van der Waals surface area contributed by atoms with Gasteiger partial charge in [0.25, 0.3) is 0 Å². The molecule has 0 amide bonds. The van der Waals surface area contributed by atoms with Crippen LogP contribution < -0.4 is 4.90 Å². The molecule has 10 rings (SSSR count). The molecule has 1 aliphatic rings. The smallest absolute Gasteiger partial charge is 0.0973 e. The lowest BCUT2D eigenvalue weighted by Gasteiger charge is -2.34. The molecule has 1 aromatic heterocycles. The summed E-state index contributed by atoms with van der Waals surface area (Å²) in [5, 5.41) is 0. The van der Waals surface area contributed by atoms with Crippen LogP contribution in [0.4, 0.5) is 17.1 Å². The van der Waals surface area contributed by atoms with E-state index in [1.54, 1.807) is 0 Å². The van der Waals surface area contributed by atoms with Crippen molar-refractivity contribution < 1.29 is 0 Å². The van der Waals surface area contributed by atoms with Crippen molar-refractivity contribution in [1.29, 1.82) is 0 Å². The summed E-state index contributed by atoms with van der Waals surface area (Å²) in [6.45, 7) is 0. The van der Waals surface area contributed by atoms with Gasteiger partial charge in [0.2, 0.25) is 0 Å². The van der Waals surface area contributed by atoms with Crippen LogP contribution in [0.15, 0.2) is 212 Å². The monoisotopic (exact) mass is 689 g/mol. The molecule has 0 N–H and O–H groups in total. The third-order valence-corrected chi connectivity index (χ3v) is 10.7. The minimum atomic E-state index is -0.505. The van der Waals surface area contributed by atoms with Gasteiger partial charge in [-0.3, -0.25) is 0 Å². The van der Waals surface area contributed by atoms with E-state index in [2.05, 4.69) is 199 Å². The number of nitrogens with zero attached hydrogens (tertiary/aromatic N) is 3. The molecule has 3 heteroatoms. The Hall–Kier alpha value is -7.10. The topological polar surface area (TPSA) is 29.0 Å². The lowest BCUT2D eigenvalue weighted by molar-refractivity contribution is 0.768. The van der Waals surface area contributed by atoms with Crippen LogP contribution in [0.2, 0.25) is 0 Å². The van der Waals surface area contributed by atoms with E-state index >= 15 is 0 Å². The summed E-state index contributed by atoms with van der Waals surface area (Å²) in [6, 6.07) is 75.5. The Balaban J connectivity index is 1.17. The molecule has 9 aromatic rings. The fourth-order valence-corrected chi connectivity index (χ4v) is 8.36. The Bertz CT molecular complexity index is 2670. The minimum Gasteiger partial charge on any atom is -0.311 e. The highest BCUT2D eigenvalue weighted by atomic mass is 15.1. The average molecular weight is 690 g/mol. The highest BCUT2D eigenvalue weighted by Gasteiger charge is 2.46. The fourth-order valence-electron chi connectivity index (χ4n) is 8.36. The molecule has 254 valence electrons. The van der Waals surface area contributed by atoms with Crippen LogP contribution in [-0.2, 0) is 5.41 Å². The summed E-state index contributed by atoms with van der Waals surface area (Å²) >= 11 is 0. The molecular weight excluding hydrogens is 655 g/mol. The van der Waals surface area contributed by atoms with Gasteiger partial charge in [-0.05, 0) is 88.0 Å². The first-order chi connectivity index (χ1) is 26.8. The molecule has 0 aliphatic heterocycles. The van der Waals surface area contributed by atoms with Crippen molar-refractivity contribution in [2.24, 2.45) is 0 Å². The van der Waals surface area contributed by atoms with Crippen LogP contribution in [0.25, 0.3) is 44.7 Å². The largest absolute Gasteiger partial charge is 0.311 e. The molecule has 1 aliphatic carbocycles. The second-order valence-electron chi connectivity index (χ2n) is 13.8. The van der Waals surface area contributed by atoms with Gasteiger partial charge < -0.3 is 4.90 Å². The van der Waals surface area contributed by atoms with Crippen molar-refractivity contribution >= 4 is 28.1 Å². The van der Waals surface area contributed by atoms with E-state index in [4.69, 9.17) is 9.97 Å². The van der Waals surface area contributed by atoms with Gasteiger partial charge in [-0.2, -0.15) is 0 Å². The number of fused-ring (bicyclic) bond motifs is 4. The standard InChI is InChI=1S/C51H35N3/c1-5-17-38(18-6-1)51(39-19-7-2-8-20-39)45-26-14-13-25-43(45)44-34-31-37(35-46(44)51)50-49(52-47-27-15-16-28-48(47)53-50)36-29-32-42(33-30-36)54(40-21-9-3-10-22-40)41-23-11-4-12-24-41/h1-35H. The highest BCUT2D eigenvalue weighted by molar-refractivity contribution is 5.92. The van der Waals surface area contributed by atoms with Gasteiger partial charge in [0.15, 0.2) is 0 Å². The fraction of sp³-hybridized carbons (Fsp3) is 0.0196. The van der Waals surface area contributed by atoms with Crippen molar-refractivity contribution in [2.45, 2.75) is 5.41 Å². The molecule has 0 saturated carbocycles. The first-order valence-electron chi connectivity index (χ1n) is 18.4. The van der Waals surface area contributed by atoms with Gasteiger partial charge in [0, 0.05) is 28.2 Å². The summed E-state index contributed by atoms with van der Waals surface area (Å²) in [5.74, 6) is 0. The number of aromatic nitrogens is 2. The predicted octanol–water partition coefficient (Wildman–Crippen LogP) is 12.8. The zero-order valence-corrected chi connectivity index (χ0v) is 29.5. The maximum atomic E-state index is 5.37. The molecule has 0 spiro atoms. The molecule has 1 heterocycles. The zero-order chi connectivity index (χ0) is 35.9. The van der Waals surface area contributed by atoms with Crippen LogP contribution in [0, 0.1) is 0 Å². The molecule has 0 unspecified atom stereocenters. The van der Waals surface area contributed by atoms with Crippen molar-refractivity contribution in [1.82, 2.24) is 9.97 Å². The van der Waals surface area contributed by atoms with Crippen molar-refractivity contribution in [3.8, 4) is 33.6 Å². The lowest BCUT2D eigenvalue weighted by atomic mass is 9.67. The zero-order valence-electron chi connectivity index (χ0n) is 29.5. The van der Waals surface area contributed by atoms with Crippen LogP contribution >= 0.6 is 0 Å². The molecular formula is C51H35N3. The second-order valence-corrected chi connectivity index (χ2v) is 13.8. The minimum absolute atomic E-state index is 0.505. The summed E-state index contributed by atoms with van der Waals surface area (Å²) in [7, 11) is 0. The SMILES string of the molecule is c1ccc(N(c2ccccc2)c2ccc(-c3nc4ccccc4nc3-c3ccc4c(c3)C(c3ccccc3)(c3ccccc3)c3ccccc3-4)cc2)cc1. The van der Waals surface area contributed by atoms with Crippen LogP contribution in [0.1, 0.15) is 22.3 Å². The number of para-hydroxylation sites is 4. The van der Waals surface area contributed by atoms with Gasteiger partial charge in [-0.1, -0.05) is 158 Å². The summed E-state index contributed by atoms with van der Waals surface area (Å²) in [4.78, 5) is 13.0. The molecule has 0 fully saturated rings. The van der Waals surface area contributed by atoms with Gasteiger partial charge in [-0.15, -0.1) is 0 Å². The van der Waals surface area contributed by atoms with E-state index in [1.807, 2.05) is 18.2 Å². The Morgan fingerprint density at radius 1 is 0.333 bits per heavy atom. The first kappa shape index (κ1) is 31.6. The third kappa shape index (κ3) is 5.13. The second kappa shape index (κ2) is 13.1.